The number of hydrogen-bond donors (Lipinski definition) is 1. The zero-order chi connectivity index (χ0) is 20.2. The molecule has 0 aliphatic heterocycles. The fourth-order valence-corrected chi connectivity index (χ4v) is 2.58. The van der Waals surface area contributed by atoms with Gasteiger partial charge in [-0.05, 0) is 43.9 Å². The third-order valence-electron chi connectivity index (χ3n) is 4.01. The number of likely N-dealkylation sites (N-methyl/N-ethyl adjacent to an activating group) is 1. The molecule has 2 aromatic rings. The van der Waals surface area contributed by atoms with E-state index in [1.807, 2.05) is 4.90 Å². The summed E-state index contributed by atoms with van der Waals surface area (Å²) in [5.74, 6) is -0.991. The molecule has 2 rings (SSSR count). The van der Waals surface area contributed by atoms with Crippen molar-refractivity contribution in [1.29, 1.82) is 0 Å². The van der Waals surface area contributed by atoms with Gasteiger partial charge < -0.3 is 14.8 Å². The van der Waals surface area contributed by atoms with Crippen LogP contribution in [0.3, 0.4) is 0 Å². The SMILES string of the molecule is CN(C)C(CNC(=O)Cn1cccc(C(F)(F)F)c1=O)c1ccc(F)cc1. The van der Waals surface area contributed by atoms with E-state index in [0.717, 1.165) is 17.8 Å². The Morgan fingerprint density at radius 1 is 1.19 bits per heavy atom. The van der Waals surface area contributed by atoms with E-state index in [1.54, 1.807) is 26.2 Å². The zero-order valence-corrected chi connectivity index (χ0v) is 14.8. The average Bonchev–Trinajstić information content (AvgIpc) is 2.57. The van der Waals surface area contributed by atoms with Crippen molar-refractivity contribution in [2.75, 3.05) is 20.6 Å². The minimum atomic E-state index is -4.78. The average molecular weight is 385 g/mol. The highest BCUT2D eigenvalue weighted by molar-refractivity contribution is 5.75. The minimum Gasteiger partial charge on any atom is -0.353 e. The molecule has 0 radical (unpaired) electrons. The number of carbonyl (C=O) groups is 1. The van der Waals surface area contributed by atoms with Crippen LogP contribution in [0.4, 0.5) is 17.6 Å². The van der Waals surface area contributed by atoms with E-state index in [0.29, 0.717) is 10.6 Å². The molecule has 0 aliphatic rings. The zero-order valence-electron chi connectivity index (χ0n) is 14.8. The van der Waals surface area contributed by atoms with E-state index < -0.39 is 29.8 Å². The van der Waals surface area contributed by atoms with Crippen LogP contribution in [0, 0.1) is 5.82 Å². The molecule has 9 heteroatoms. The van der Waals surface area contributed by atoms with Gasteiger partial charge in [-0.2, -0.15) is 13.2 Å². The lowest BCUT2D eigenvalue weighted by molar-refractivity contribution is -0.139. The summed E-state index contributed by atoms with van der Waals surface area (Å²) in [5, 5.41) is 2.60. The van der Waals surface area contributed by atoms with E-state index >= 15 is 0 Å². The van der Waals surface area contributed by atoms with Gasteiger partial charge in [0.2, 0.25) is 5.91 Å². The Morgan fingerprint density at radius 2 is 1.81 bits per heavy atom. The summed E-state index contributed by atoms with van der Waals surface area (Å²) in [7, 11) is 3.55. The Morgan fingerprint density at radius 3 is 2.37 bits per heavy atom. The third kappa shape index (κ3) is 5.40. The Hall–Kier alpha value is -2.68. The topological polar surface area (TPSA) is 54.3 Å². The fraction of sp³-hybridized carbons (Fsp3) is 0.333. The Balaban J connectivity index is 2.07. The number of amides is 1. The first-order valence-electron chi connectivity index (χ1n) is 8.05. The predicted octanol–water partition coefficient (Wildman–Crippen LogP) is 2.43. The Labute approximate surface area is 153 Å². The molecule has 0 bridgehead atoms. The molecular weight excluding hydrogens is 366 g/mol. The molecule has 1 aromatic carbocycles. The van der Waals surface area contributed by atoms with Crippen molar-refractivity contribution < 1.29 is 22.4 Å². The van der Waals surface area contributed by atoms with E-state index in [2.05, 4.69) is 5.32 Å². The normalized spacial score (nSPS) is 12.9. The van der Waals surface area contributed by atoms with Crippen LogP contribution >= 0.6 is 0 Å². The number of alkyl halides is 3. The fourth-order valence-electron chi connectivity index (χ4n) is 2.58. The first kappa shape index (κ1) is 20.6. The minimum absolute atomic E-state index is 0.144. The molecule has 27 heavy (non-hydrogen) atoms. The van der Waals surface area contributed by atoms with Crippen molar-refractivity contribution in [3.8, 4) is 0 Å². The largest absolute Gasteiger partial charge is 0.421 e. The molecule has 1 unspecified atom stereocenters. The second-order valence-corrected chi connectivity index (χ2v) is 6.19. The highest BCUT2D eigenvalue weighted by atomic mass is 19.4. The first-order chi connectivity index (χ1) is 12.6. The number of nitrogens with one attached hydrogen (secondary N) is 1. The van der Waals surface area contributed by atoms with Crippen molar-refractivity contribution in [2.45, 2.75) is 18.8 Å². The molecule has 0 saturated carbocycles. The van der Waals surface area contributed by atoms with Crippen molar-refractivity contribution in [3.63, 3.8) is 0 Å². The Kier molecular flexibility index (Phi) is 6.37. The van der Waals surface area contributed by atoms with Crippen LogP contribution < -0.4 is 10.9 Å². The number of hydrogen-bond acceptors (Lipinski definition) is 3. The quantitative estimate of drug-likeness (QED) is 0.778. The standard InChI is InChI=1S/C18H19F4N3O2/c1-24(2)15(12-5-7-13(19)8-6-12)10-23-16(26)11-25-9-3-4-14(17(25)27)18(20,21)22/h3-9,15H,10-11H2,1-2H3,(H,23,26). The highest BCUT2D eigenvalue weighted by Crippen LogP contribution is 2.26. The van der Waals surface area contributed by atoms with Gasteiger partial charge in [-0.15, -0.1) is 0 Å². The van der Waals surface area contributed by atoms with E-state index in [9.17, 15) is 27.2 Å². The van der Waals surface area contributed by atoms with Crippen LogP contribution in [-0.2, 0) is 17.5 Å². The molecule has 1 amide bonds. The molecule has 1 atom stereocenters. The number of nitrogens with zero attached hydrogens (tertiary/aromatic N) is 2. The van der Waals surface area contributed by atoms with Crippen LogP contribution in [0.1, 0.15) is 17.2 Å². The maximum Gasteiger partial charge on any atom is 0.421 e. The van der Waals surface area contributed by atoms with Gasteiger partial charge in [-0.25, -0.2) is 4.39 Å². The van der Waals surface area contributed by atoms with Crippen LogP contribution in [0.5, 0.6) is 0 Å². The van der Waals surface area contributed by atoms with Crippen LogP contribution in [0.15, 0.2) is 47.4 Å². The van der Waals surface area contributed by atoms with Gasteiger partial charge in [0.15, 0.2) is 0 Å². The number of benzene rings is 1. The molecule has 0 fully saturated rings. The number of rotatable bonds is 6. The molecule has 1 heterocycles. The molecule has 0 aliphatic carbocycles. The van der Waals surface area contributed by atoms with Crippen molar-refractivity contribution in [3.05, 3.63) is 69.9 Å². The third-order valence-corrected chi connectivity index (χ3v) is 4.01. The van der Waals surface area contributed by atoms with E-state index in [1.165, 1.54) is 12.1 Å². The van der Waals surface area contributed by atoms with Gasteiger partial charge in [0.1, 0.15) is 17.9 Å². The van der Waals surface area contributed by atoms with Gasteiger partial charge in [0, 0.05) is 12.7 Å². The summed E-state index contributed by atoms with van der Waals surface area (Å²) >= 11 is 0. The number of aromatic nitrogens is 1. The predicted molar refractivity (Wildman–Crippen MR) is 91.5 cm³/mol. The second-order valence-electron chi connectivity index (χ2n) is 6.19. The van der Waals surface area contributed by atoms with Crippen LogP contribution in [0.2, 0.25) is 0 Å². The summed E-state index contributed by atoms with van der Waals surface area (Å²) in [6.45, 7) is -0.391. The molecule has 0 spiro atoms. The molecule has 1 aromatic heterocycles. The van der Waals surface area contributed by atoms with E-state index in [-0.39, 0.29) is 18.4 Å². The summed E-state index contributed by atoms with van der Waals surface area (Å²) in [5.41, 5.74) is -1.84. The second kappa shape index (κ2) is 8.34. The number of pyridine rings is 1. The molecular formula is C18H19F4N3O2. The first-order valence-corrected chi connectivity index (χ1v) is 8.05. The smallest absolute Gasteiger partial charge is 0.353 e. The summed E-state index contributed by atoms with van der Waals surface area (Å²) < 4.78 is 52.1. The summed E-state index contributed by atoms with van der Waals surface area (Å²) in [4.78, 5) is 25.8. The van der Waals surface area contributed by atoms with Crippen LogP contribution in [0.25, 0.3) is 0 Å². The molecule has 1 N–H and O–H groups in total. The lowest BCUT2D eigenvalue weighted by atomic mass is 10.1. The highest BCUT2D eigenvalue weighted by Gasteiger charge is 2.34. The summed E-state index contributed by atoms with van der Waals surface area (Å²) in [6.07, 6.45) is -3.66. The maximum atomic E-state index is 13.1. The van der Waals surface area contributed by atoms with Gasteiger partial charge in [-0.1, -0.05) is 12.1 Å². The van der Waals surface area contributed by atoms with Crippen molar-refractivity contribution in [1.82, 2.24) is 14.8 Å². The molecule has 0 saturated heterocycles. The monoisotopic (exact) mass is 385 g/mol. The Bertz CT molecular complexity index is 845. The van der Waals surface area contributed by atoms with Gasteiger partial charge in [-0.3, -0.25) is 9.59 Å². The molecule has 5 nitrogen and oxygen atoms in total. The molecule has 146 valence electrons. The van der Waals surface area contributed by atoms with Crippen LogP contribution in [-0.4, -0.2) is 36.0 Å². The lowest BCUT2D eigenvalue weighted by Crippen LogP contribution is -2.38. The van der Waals surface area contributed by atoms with Gasteiger partial charge >= 0.3 is 6.18 Å². The van der Waals surface area contributed by atoms with Gasteiger partial charge in [0.05, 0.1) is 6.04 Å². The maximum absolute atomic E-state index is 13.1. The lowest BCUT2D eigenvalue weighted by Gasteiger charge is -2.25. The van der Waals surface area contributed by atoms with E-state index in [4.69, 9.17) is 0 Å². The number of carbonyl (C=O) groups excluding carboxylic acids is 1. The van der Waals surface area contributed by atoms with Crippen molar-refractivity contribution >= 4 is 5.91 Å². The van der Waals surface area contributed by atoms with Gasteiger partial charge in [0.25, 0.3) is 5.56 Å². The van der Waals surface area contributed by atoms with Crippen molar-refractivity contribution in [2.24, 2.45) is 0 Å². The number of halogens is 4. The summed E-state index contributed by atoms with van der Waals surface area (Å²) in [6, 6.07) is 7.25.